The highest BCUT2D eigenvalue weighted by molar-refractivity contribution is 14.0. The van der Waals surface area contributed by atoms with Gasteiger partial charge in [0.15, 0.2) is 5.96 Å². The average molecular weight is 553 g/mol. The van der Waals surface area contributed by atoms with Gasteiger partial charge in [-0.3, -0.25) is 4.99 Å². The second-order valence-electron chi connectivity index (χ2n) is 8.76. The number of aliphatic hydroxyl groups excluding tert-OH is 1. The van der Waals surface area contributed by atoms with Crippen LogP contribution in [0.3, 0.4) is 0 Å². The maximum Gasteiger partial charge on any atom is 0.211 e. The molecule has 0 amide bonds. The van der Waals surface area contributed by atoms with Crippen molar-refractivity contribution in [3.05, 3.63) is 35.4 Å². The summed E-state index contributed by atoms with van der Waals surface area (Å²) in [5, 5.41) is 17.0. The van der Waals surface area contributed by atoms with E-state index < -0.39 is 16.1 Å². The lowest BCUT2D eigenvalue weighted by molar-refractivity contribution is 0.187. The van der Waals surface area contributed by atoms with Crippen molar-refractivity contribution in [3.63, 3.8) is 0 Å². The number of nitrogens with zero attached hydrogens (tertiary/aromatic N) is 2. The molecule has 0 bridgehead atoms. The largest absolute Gasteiger partial charge is 0.386 e. The van der Waals surface area contributed by atoms with Crippen molar-refractivity contribution in [1.29, 1.82) is 0 Å². The normalized spacial score (nSPS) is 19.3. The Morgan fingerprint density at radius 3 is 2.40 bits per heavy atom. The summed E-state index contributed by atoms with van der Waals surface area (Å²) in [6.07, 6.45) is 1.41. The predicted octanol–water partition coefficient (Wildman–Crippen LogP) is 2.47. The van der Waals surface area contributed by atoms with Crippen molar-refractivity contribution in [3.8, 4) is 0 Å². The van der Waals surface area contributed by atoms with Gasteiger partial charge in [0, 0.05) is 26.2 Å². The summed E-state index contributed by atoms with van der Waals surface area (Å²) in [7, 11) is -3.12. The van der Waals surface area contributed by atoms with E-state index in [0.29, 0.717) is 32.1 Å². The van der Waals surface area contributed by atoms with Crippen LogP contribution in [0, 0.1) is 5.92 Å². The number of aliphatic hydroxyl groups is 1. The molecule has 2 atom stereocenters. The van der Waals surface area contributed by atoms with Gasteiger partial charge in [0.25, 0.3) is 0 Å². The van der Waals surface area contributed by atoms with Crippen molar-refractivity contribution in [2.45, 2.75) is 45.6 Å². The molecule has 1 heterocycles. The first-order chi connectivity index (χ1) is 13.5. The number of aliphatic imine (C=N–C) groups is 1. The topological polar surface area (TPSA) is 94.0 Å². The highest BCUT2D eigenvalue weighted by Gasteiger charge is 2.28. The van der Waals surface area contributed by atoms with Crippen LogP contribution in [0.1, 0.15) is 51.3 Å². The van der Waals surface area contributed by atoms with E-state index in [1.165, 1.54) is 16.1 Å². The minimum Gasteiger partial charge on any atom is -0.386 e. The highest BCUT2D eigenvalue weighted by Crippen LogP contribution is 2.24. The second kappa shape index (κ2) is 11.6. The van der Waals surface area contributed by atoms with Crippen LogP contribution < -0.4 is 10.6 Å². The molecule has 1 aromatic carbocycles. The number of hydrogen-bond donors (Lipinski definition) is 3. The van der Waals surface area contributed by atoms with Crippen LogP contribution in [0.2, 0.25) is 0 Å². The van der Waals surface area contributed by atoms with Crippen LogP contribution in [-0.2, 0) is 15.4 Å². The molecule has 0 aromatic heterocycles. The molecule has 172 valence electrons. The van der Waals surface area contributed by atoms with Gasteiger partial charge < -0.3 is 15.7 Å². The van der Waals surface area contributed by atoms with E-state index in [0.717, 1.165) is 12.0 Å². The summed E-state index contributed by atoms with van der Waals surface area (Å²) in [6.45, 7) is 11.2. The smallest absolute Gasteiger partial charge is 0.211 e. The lowest BCUT2D eigenvalue weighted by Crippen LogP contribution is -2.40. The maximum absolute atomic E-state index is 11.6. The Labute approximate surface area is 198 Å². The van der Waals surface area contributed by atoms with Gasteiger partial charge in [-0.15, -0.1) is 24.0 Å². The Morgan fingerprint density at radius 1 is 1.27 bits per heavy atom. The zero-order valence-corrected chi connectivity index (χ0v) is 21.8. The van der Waals surface area contributed by atoms with Gasteiger partial charge in [-0.1, -0.05) is 45.0 Å². The molecule has 2 rings (SSSR count). The quantitative estimate of drug-likeness (QED) is 0.275. The molecular weight excluding hydrogens is 515 g/mol. The zero-order valence-electron chi connectivity index (χ0n) is 18.7. The zero-order chi connectivity index (χ0) is 21.7. The molecule has 1 fully saturated rings. The summed E-state index contributed by atoms with van der Waals surface area (Å²) in [6, 6.07) is 8.03. The fraction of sp³-hybridized carbons (Fsp3) is 0.667. The van der Waals surface area contributed by atoms with Gasteiger partial charge in [-0.25, -0.2) is 12.7 Å². The molecule has 30 heavy (non-hydrogen) atoms. The van der Waals surface area contributed by atoms with Gasteiger partial charge in [-0.05, 0) is 35.8 Å². The SMILES string of the molecule is CCNC(=NCC(O)c1ccc(C(C)(C)C)cc1)NCC1CCN(S(C)(=O)=O)C1.I. The minimum absolute atomic E-state index is 0. The Bertz CT molecular complexity index is 791. The summed E-state index contributed by atoms with van der Waals surface area (Å²) >= 11 is 0. The number of rotatable bonds is 7. The average Bonchev–Trinajstić information content (AvgIpc) is 3.12. The van der Waals surface area contributed by atoms with E-state index in [1.54, 1.807) is 0 Å². The monoisotopic (exact) mass is 552 g/mol. The van der Waals surface area contributed by atoms with Gasteiger partial charge in [0.2, 0.25) is 10.0 Å². The van der Waals surface area contributed by atoms with Crippen molar-refractivity contribution < 1.29 is 13.5 Å². The van der Waals surface area contributed by atoms with Crippen molar-refractivity contribution >= 4 is 40.0 Å². The standard InChI is InChI=1S/C21H36N4O3S.HI/c1-6-22-20(23-13-16-11-12-25(15-16)29(5,27)28)24-14-19(26)17-7-9-18(10-8-17)21(2,3)4;/h7-10,16,19,26H,6,11-15H2,1-5H3,(H2,22,23,24);1H. The third kappa shape index (κ3) is 8.32. The van der Waals surface area contributed by atoms with Crippen LogP contribution in [0.15, 0.2) is 29.3 Å². The number of nitrogens with one attached hydrogen (secondary N) is 2. The van der Waals surface area contributed by atoms with Crippen LogP contribution >= 0.6 is 24.0 Å². The van der Waals surface area contributed by atoms with Crippen molar-refractivity contribution in [2.24, 2.45) is 10.9 Å². The molecule has 0 aliphatic carbocycles. The third-order valence-corrected chi connectivity index (χ3v) is 6.47. The van der Waals surface area contributed by atoms with E-state index in [2.05, 4.69) is 48.5 Å². The Morgan fingerprint density at radius 2 is 1.90 bits per heavy atom. The fourth-order valence-corrected chi connectivity index (χ4v) is 4.25. The first kappa shape index (κ1) is 27.1. The summed E-state index contributed by atoms with van der Waals surface area (Å²) in [5.41, 5.74) is 2.15. The molecule has 3 N–H and O–H groups in total. The predicted molar refractivity (Wildman–Crippen MR) is 134 cm³/mol. The molecule has 1 saturated heterocycles. The van der Waals surface area contributed by atoms with Crippen LogP contribution in [0.4, 0.5) is 0 Å². The summed E-state index contributed by atoms with van der Waals surface area (Å²) in [5.74, 6) is 0.888. The summed E-state index contributed by atoms with van der Waals surface area (Å²) < 4.78 is 24.8. The second-order valence-corrected chi connectivity index (χ2v) is 10.7. The van der Waals surface area contributed by atoms with Gasteiger partial charge >= 0.3 is 0 Å². The number of hydrogen-bond acceptors (Lipinski definition) is 4. The van der Waals surface area contributed by atoms with E-state index in [4.69, 9.17) is 0 Å². The van der Waals surface area contributed by atoms with E-state index in [-0.39, 0.29) is 41.9 Å². The third-order valence-electron chi connectivity index (χ3n) is 5.20. The minimum atomic E-state index is -3.12. The molecule has 0 spiro atoms. The van der Waals surface area contributed by atoms with E-state index in [1.807, 2.05) is 19.1 Å². The number of guanidine groups is 1. The highest BCUT2D eigenvalue weighted by atomic mass is 127. The number of halogens is 1. The molecule has 1 aliphatic heterocycles. The molecule has 1 aromatic rings. The number of benzene rings is 1. The Hall–Kier alpha value is -0.910. The lowest BCUT2D eigenvalue weighted by atomic mass is 9.86. The Balaban J connectivity index is 0.00000450. The molecular formula is C21H37IN4O3S. The summed E-state index contributed by atoms with van der Waals surface area (Å²) in [4.78, 5) is 4.50. The van der Waals surface area contributed by atoms with Gasteiger partial charge in [0.05, 0.1) is 18.9 Å². The molecule has 9 heteroatoms. The lowest BCUT2D eigenvalue weighted by Gasteiger charge is -2.20. The van der Waals surface area contributed by atoms with Gasteiger partial charge in [0.1, 0.15) is 0 Å². The van der Waals surface area contributed by atoms with Crippen LogP contribution in [0.25, 0.3) is 0 Å². The maximum atomic E-state index is 11.6. The molecule has 2 unspecified atom stereocenters. The first-order valence-electron chi connectivity index (χ1n) is 10.3. The van der Waals surface area contributed by atoms with Crippen LogP contribution in [-0.4, -0.2) is 62.8 Å². The molecule has 7 nitrogen and oxygen atoms in total. The Kier molecular flexibility index (Phi) is 10.5. The fourth-order valence-electron chi connectivity index (χ4n) is 3.34. The molecule has 0 saturated carbocycles. The molecule has 0 radical (unpaired) electrons. The van der Waals surface area contributed by atoms with Crippen LogP contribution in [0.5, 0.6) is 0 Å². The first-order valence-corrected chi connectivity index (χ1v) is 12.1. The molecule has 1 aliphatic rings. The van der Waals surface area contributed by atoms with E-state index in [9.17, 15) is 13.5 Å². The van der Waals surface area contributed by atoms with E-state index >= 15 is 0 Å². The van der Waals surface area contributed by atoms with Crippen molar-refractivity contribution in [1.82, 2.24) is 14.9 Å². The number of sulfonamides is 1. The van der Waals surface area contributed by atoms with Crippen molar-refractivity contribution in [2.75, 3.05) is 39.0 Å². The van der Waals surface area contributed by atoms with Gasteiger partial charge in [-0.2, -0.15) is 0 Å².